The van der Waals surface area contributed by atoms with Crippen molar-refractivity contribution in [2.45, 2.75) is 13.0 Å². The summed E-state index contributed by atoms with van der Waals surface area (Å²) in [6.45, 7) is 1.80. The van der Waals surface area contributed by atoms with Crippen LogP contribution in [0.5, 0.6) is 0 Å². The summed E-state index contributed by atoms with van der Waals surface area (Å²) in [7, 11) is 1.85. The van der Waals surface area contributed by atoms with E-state index < -0.39 is 12.1 Å². The Labute approximate surface area is 107 Å². The standard InChI is InChI=1S/C12H12BrNO3/c1-6-9(11(15)12(16)17)10-7(13)4-3-5-8(10)14(6)2/h3-5,11,15H,1-2H3,(H,16,17). The number of carboxylic acid groups (broad SMARTS) is 1. The maximum Gasteiger partial charge on any atom is 0.337 e. The highest BCUT2D eigenvalue weighted by Gasteiger charge is 2.25. The molecule has 0 spiro atoms. The van der Waals surface area contributed by atoms with Crippen molar-refractivity contribution in [1.29, 1.82) is 0 Å². The molecule has 0 aliphatic carbocycles. The number of aromatic nitrogens is 1. The molecule has 0 saturated carbocycles. The third-order valence-electron chi connectivity index (χ3n) is 3.02. The highest BCUT2D eigenvalue weighted by molar-refractivity contribution is 9.10. The zero-order chi connectivity index (χ0) is 12.7. The van der Waals surface area contributed by atoms with E-state index in [1.54, 1.807) is 6.92 Å². The van der Waals surface area contributed by atoms with Gasteiger partial charge in [0.2, 0.25) is 0 Å². The fraction of sp³-hybridized carbons (Fsp3) is 0.250. The Morgan fingerprint density at radius 3 is 2.71 bits per heavy atom. The number of aryl methyl sites for hydroxylation is 1. The van der Waals surface area contributed by atoms with Crippen LogP contribution in [-0.4, -0.2) is 20.7 Å². The van der Waals surface area contributed by atoms with Crippen molar-refractivity contribution in [1.82, 2.24) is 4.57 Å². The average molecular weight is 298 g/mol. The predicted molar refractivity (Wildman–Crippen MR) is 68.0 cm³/mol. The summed E-state index contributed by atoms with van der Waals surface area (Å²) in [5.41, 5.74) is 2.09. The minimum Gasteiger partial charge on any atom is -0.479 e. The van der Waals surface area contributed by atoms with E-state index in [0.717, 1.165) is 21.1 Å². The number of aliphatic hydroxyl groups is 1. The normalized spacial score (nSPS) is 12.9. The summed E-state index contributed by atoms with van der Waals surface area (Å²) in [5.74, 6) is -1.24. The number of benzene rings is 1. The maximum atomic E-state index is 10.9. The third-order valence-corrected chi connectivity index (χ3v) is 3.68. The predicted octanol–water partition coefficient (Wildman–Crippen LogP) is 2.37. The van der Waals surface area contributed by atoms with Crippen molar-refractivity contribution < 1.29 is 15.0 Å². The quantitative estimate of drug-likeness (QED) is 0.894. The smallest absolute Gasteiger partial charge is 0.337 e. The van der Waals surface area contributed by atoms with Crippen LogP contribution >= 0.6 is 15.9 Å². The van der Waals surface area contributed by atoms with Gasteiger partial charge in [-0.1, -0.05) is 22.0 Å². The Hall–Kier alpha value is -1.33. The Kier molecular flexibility index (Phi) is 2.97. The van der Waals surface area contributed by atoms with Crippen LogP contribution in [0.25, 0.3) is 10.9 Å². The summed E-state index contributed by atoms with van der Waals surface area (Å²) in [5, 5.41) is 19.5. The molecule has 1 atom stereocenters. The molecule has 1 heterocycles. The summed E-state index contributed by atoms with van der Waals surface area (Å²) in [6.07, 6.45) is -1.50. The van der Waals surface area contributed by atoms with E-state index in [9.17, 15) is 9.90 Å². The lowest BCUT2D eigenvalue weighted by molar-refractivity contribution is -0.146. The highest BCUT2D eigenvalue weighted by atomic mass is 79.9. The fourth-order valence-electron chi connectivity index (χ4n) is 2.06. The molecule has 5 heteroatoms. The third kappa shape index (κ3) is 1.75. The number of carboxylic acids is 1. The van der Waals surface area contributed by atoms with Crippen LogP contribution in [0.1, 0.15) is 17.4 Å². The molecule has 0 radical (unpaired) electrons. The number of carbonyl (C=O) groups is 1. The van der Waals surface area contributed by atoms with Crippen molar-refractivity contribution in [2.75, 3.05) is 0 Å². The molecule has 4 nitrogen and oxygen atoms in total. The molecular formula is C12H12BrNO3. The van der Waals surface area contributed by atoms with Crippen LogP contribution < -0.4 is 0 Å². The average Bonchev–Trinajstić information content (AvgIpc) is 2.53. The monoisotopic (exact) mass is 297 g/mol. The van der Waals surface area contributed by atoms with Gasteiger partial charge in [-0.05, 0) is 19.1 Å². The lowest BCUT2D eigenvalue weighted by Crippen LogP contribution is -2.11. The lowest BCUT2D eigenvalue weighted by atomic mass is 10.1. The molecule has 17 heavy (non-hydrogen) atoms. The molecule has 2 aromatic rings. The summed E-state index contributed by atoms with van der Waals surface area (Å²) in [6, 6.07) is 5.60. The van der Waals surface area contributed by atoms with Gasteiger partial charge in [0.05, 0.1) is 0 Å². The van der Waals surface area contributed by atoms with E-state index in [0.29, 0.717) is 5.56 Å². The Balaban J connectivity index is 2.87. The maximum absolute atomic E-state index is 10.9. The van der Waals surface area contributed by atoms with Gasteiger partial charge in [0.25, 0.3) is 0 Å². The number of aliphatic carboxylic acids is 1. The number of fused-ring (bicyclic) bond motifs is 1. The van der Waals surface area contributed by atoms with Crippen molar-refractivity contribution >= 4 is 32.8 Å². The molecule has 2 rings (SSSR count). The van der Waals surface area contributed by atoms with Crippen LogP contribution in [0.2, 0.25) is 0 Å². The molecule has 1 aromatic carbocycles. The van der Waals surface area contributed by atoms with Gasteiger partial charge >= 0.3 is 5.97 Å². The van der Waals surface area contributed by atoms with Crippen LogP contribution in [0.4, 0.5) is 0 Å². The first-order chi connectivity index (χ1) is 7.95. The zero-order valence-electron chi connectivity index (χ0n) is 9.44. The molecule has 1 unspecified atom stereocenters. The Morgan fingerprint density at radius 1 is 1.47 bits per heavy atom. The molecule has 0 bridgehead atoms. The van der Waals surface area contributed by atoms with E-state index in [1.807, 2.05) is 29.8 Å². The summed E-state index contributed by atoms with van der Waals surface area (Å²) in [4.78, 5) is 10.9. The van der Waals surface area contributed by atoms with Gasteiger partial charge in [0.15, 0.2) is 6.10 Å². The van der Waals surface area contributed by atoms with Gasteiger partial charge in [0, 0.05) is 33.7 Å². The first kappa shape index (κ1) is 12.1. The van der Waals surface area contributed by atoms with E-state index in [-0.39, 0.29) is 0 Å². The fourth-order valence-corrected chi connectivity index (χ4v) is 2.63. The van der Waals surface area contributed by atoms with Gasteiger partial charge in [0.1, 0.15) is 0 Å². The zero-order valence-corrected chi connectivity index (χ0v) is 11.0. The van der Waals surface area contributed by atoms with E-state index in [1.165, 1.54) is 0 Å². The van der Waals surface area contributed by atoms with Crippen molar-refractivity contribution in [3.05, 3.63) is 33.9 Å². The minimum atomic E-state index is -1.50. The number of aliphatic hydroxyl groups excluding tert-OH is 1. The number of halogens is 1. The van der Waals surface area contributed by atoms with Crippen molar-refractivity contribution in [3.8, 4) is 0 Å². The number of hydrogen-bond acceptors (Lipinski definition) is 2. The van der Waals surface area contributed by atoms with Crippen molar-refractivity contribution in [2.24, 2.45) is 7.05 Å². The largest absolute Gasteiger partial charge is 0.479 e. The Bertz CT molecular complexity index is 603. The van der Waals surface area contributed by atoms with Gasteiger partial charge in [-0.25, -0.2) is 4.79 Å². The van der Waals surface area contributed by atoms with Crippen LogP contribution in [0, 0.1) is 6.92 Å². The van der Waals surface area contributed by atoms with Crippen LogP contribution in [0.3, 0.4) is 0 Å². The topological polar surface area (TPSA) is 62.5 Å². The van der Waals surface area contributed by atoms with Gasteiger partial charge in [-0.3, -0.25) is 0 Å². The second kappa shape index (κ2) is 4.16. The highest BCUT2D eigenvalue weighted by Crippen LogP contribution is 2.35. The second-order valence-corrected chi connectivity index (χ2v) is 4.79. The molecule has 2 N–H and O–H groups in total. The number of hydrogen-bond donors (Lipinski definition) is 2. The molecule has 0 aliphatic rings. The lowest BCUT2D eigenvalue weighted by Gasteiger charge is -2.07. The minimum absolute atomic E-state index is 0.447. The molecule has 90 valence electrons. The van der Waals surface area contributed by atoms with E-state index in [2.05, 4.69) is 15.9 Å². The van der Waals surface area contributed by atoms with Crippen LogP contribution in [-0.2, 0) is 11.8 Å². The molecule has 1 aromatic heterocycles. The molecular weight excluding hydrogens is 286 g/mol. The van der Waals surface area contributed by atoms with Gasteiger partial charge < -0.3 is 14.8 Å². The van der Waals surface area contributed by atoms with Gasteiger partial charge in [-0.15, -0.1) is 0 Å². The molecule has 0 saturated heterocycles. The summed E-state index contributed by atoms with van der Waals surface area (Å²) < 4.78 is 2.66. The first-order valence-corrected chi connectivity index (χ1v) is 5.88. The molecule has 0 amide bonds. The SMILES string of the molecule is Cc1c(C(O)C(=O)O)c2c(Br)cccc2n1C. The number of nitrogens with zero attached hydrogens (tertiary/aromatic N) is 1. The van der Waals surface area contributed by atoms with Gasteiger partial charge in [-0.2, -0.15) is 0 Å². The van der Waals surface area contributed by atoms with Crippen molar-refractivity contribution in [3.63, 3.8) is 0 Å². The first-order valence-electron chi connectivity index (χ1n) is 5.09. The van der Waals surface area contributed by atoms with E-state index in [4.69, 9.17) is 5.11 Å². The molecule has 0 aliphatic heterocycles. The number of rotatable bonds is 2. The van der Waals surface area contributed by atoms with E-state index >= 15 is 0 Å². The summed E-state index contributed by atoms with van der Waals surface area (Å²) >= 11 is 3.40. The second-order valence-electron chi connectivity index (χ2n) is 3.93. The molecule has 0 fully saturated rings. The van der Waals surface area contributed by atoms with Crippen LogP contribution in [0.15, 0.2) is 22.7 Å². The Morgan fingerprint density at radius 2 is 2.12 bits per heavy atom.